The molecule has 0 radical (unpaired) electrons. The van der Waals surface area contributed by atoms with E-state index in [1.54, 1.807) is 24.3 Å². The number of nitrogens with one attached hydrogen (secondary N) is 1. The molecule has 3 N–H and O–H groups in total. The Morgan fingerprint density at radius 2 is 1.80 bits per heavy atom. The van der Waals surface area contributed by atoms with Crippen LogP contribution in [0.25, 0.3) is 0 Å². The van der Waals surface area contributed by atoms with E-state index in [1.165, 1.54) is 0 Å². The number of aliphatic hydroxyl groups excluding tert-OH is 1. The van der Waals surface area contributed by atoms with Crippen LogP contribution < -0.4 is 10.1 Å². The van der Waals surface area contributed by atoms with Crippen LogP contribution in [-0.4, -0.2) is 35.4 Å². The fourth-order valence-corrected chi connectivity index (χ4v) is 2.53. The first-order chi connectivity index (χ1) is 11.9. The molecule has 0 aromatic heterocycles. The second-order valence-corrected chi connectivity index (χ2v) is 6.34. The first-order valence-corrected chi connectivity index (χ1v) is 8.42. The third-order valence-electron chi connectivity index (χ3n) is 3.74. The van der Waals surface area contributed by atoms with Gasteiger partial charge in [-0.05, 0) is 48.7 Å². The molecule has 0 saturated carbocycles. The van der Waals surface area contributed by atoms with Crippen molar-refractivity contribution in [3.05, 3.63) is 64.7 Å². The van der Waals surface area contributed by atoms with Crippen molar-refractivity contribution < 1.29 is 19.7 Å². The Labute approximate surface area is 152 Å². The predicted molar refractivity (Wildman–Crippen MR) is 97.2 cm³/mol. The molecule has 0 fully saturated rings. The second-order valence-electron chi connectivity index (χ2n) is 5.91. The highest BCUT2D eigenvalue weighted by atomic mass is 35.5. The first-order valence-electron chi connectivity index (χ1n) is 8.04. The minimum atomic E-state index is -0.999. The minimum absolute atomic E-state index is 0.174. The van der Waals surface area contributed by atoms with Crippen molar-refractivity contribution >= 4 is 17.6 Å². The normalized spacial score (nSPS) is 13.2. The molecule has 0 spiro atoms. The van der Waals surface area contributed by atoms with Crippen LogP contribution in [0.5, 0.6) is 5.75 Å². The van der Waals surface area contributed by atoms with E-state index in [0.717, 1.165) is 17.5 Å². The summed E-state index contributed by atoms with van der Waals surface area (Å²) in [5.74, 6) is -0.467. The van der Waals surface area contributed by atoms with E-state index in [1.807, 2.05) is 31.2 Å². The summed E-state index contributed by atoms with van der Waals surface area (Å²) in [6.45, 7) is 2.14. The number of aliphatic carboxylic acids is 1. The molecule has 1 unspecified atom stereocenters. The fourth-order valence-electron chi connectivity index (χ4n) is 2.41. The van der Waals surface area contributed by atoms with Crippen molar-refractivity contribution in [2.75, 3.05) is 13.2 Å². The molecule has 134 valence electrons. The van der Waals surface area contributed by atoms with Crippen molar-refractivity contribution in [2.45, 2.75) is 25.5 Å². The second kappa shape index (κ2) is 9.42. The molecule has 25 heavy (non-hydrogen) atoms. The lowest BCUT2D eigenvalue weighted by atomic mass is 10.1. The van der Waals surface area contributed by atoms with Gasteiger partial charge in [-0.15, -0.1) is 0 Å². The van der Waals surface area contributed by atoms with Gasteiger partial charge in [0.1, 0.15) is 5.75 Å². The van der Waals surface area contributed by atoms with Crippen LogP contribution in [0.1, 0.15) is 24.2 Å². The molecule has 2 rings (SSSR count). The van der Waals surface area contributed by atoms with Crippen molar-refractivity contribution in [2.24, 2.45) is 0 Å². The molecule has 0 saturated heterocycles. The zero-order valence-electron chi connectivity index (χ0n) is 14.0. The summed E-state index contributed by atoms with van der Waals surface area (Å²) in [7, 11) is 0. The molecule has 2 atom stereocenters. The standard InChI is InChI=1S/C19H22ClNO4/c1-13(21-11-18(22)15-4-6-16(20)7-5-15)10-14-2-8-17(9-3-14)25-12-19(23)24/h2-9,13,18,21-22H,10-12H2,1H3,(H,23,24)/t13?,18-/m0/s1. The van der Waals surface area contributed by atoms with Crippen molar-refractivity contribution in [3.8, 4) is 5.75 Å². The lowest BCUT2D eigenvalue weighted by Gasteiger charge is -2.18. The van der Waals surface area contributed by atoms with Crippen molar-refractivity contribution in [1.82, 2.24) is 5.32 Å². The first kappa shape index (κ1) is 19.2. The Morgan fingerprint density at radius 1 is 1.16 bits per heavy atom. The van der Waals surface area contributed by atoms with Crippen LogP contribution in [0.2, 0.25) is 5.02 Å². The lowest BCUT2D eigenvalue weighted by molar-refractivity contribution is -0.139. The Bertz CT molecular complexity index is 673. The lowest BCUT2D eigenvalue weighted by Crippen LogP contribution is -2.32. The third-order valence-corrected chi connectivity index (χ3v) is 3.99. The monoisotopic (exact) mass is 363 g/mol. The fraction of sp³-hybridized carbons (Fsp3) is 0.316. The molecule has 0 heterocycles. The Morgan fingerprint density at radius 3 is 2.40 bits per heavy atom. The highest BCUT2D eigenvalue weighted by Gasteiger charge is 2.10. The van der Waals surface area contributed by atoms with Gasteiger partial charge in [0, 0.05) is 17.6 Å². The van der Waals surface area contributed by atoms with Gasteiger partial charge < -0.3 is 20.3 Å². The van der Waals surface area contributed by atoms with Crippen LogP contribution >= 0.6 is 11.6 Å². The number of ether oxygens (including phenoxy) is 1. The molecule has 2 aromatic carbocycles. The zero-order chi connectivity index (χ0) is 18.2. The summed E-state index contributed by atoms with van der Waals surface area (Å²) >= 11 is 5.85. The maximum Gasteiger partial charge on any atom is 0.341 e. The summed E-state index contributed by atoms with van der Waals surface area (Å²) in [5.41, 5.74) is 1.92. The Hall–Kier alpha value is -2.08. The molecule has 0 amide bonds. The zero-order valence-corrected chi connectivity index (χ0v) is 14.7. The van der Waals surface area contributed by atoms with E-state index in [9.17, 15) is 9.90 Å². The minimum Gasteiger partial charge on any atom is -0.482 e. The van der Waals surface area contributed by atoms with Gasteiger partial charge in [0.2, 0.25) is 0 Å². The van der Waals surface area contributed by atoms with Gasteiger partial charge in [0.15, 0.2) is 6.61 Å². The molecule has 0 aliphatic rings. The van der Waals surface area contributed by atoms with E-state index in [4.69, 9.17) is 21.4 Å². The van der Waals surface area contributed by atoms with Crippen molar-refractivity contribution in [3.63, 3.8) is 0 Å². The molecule has 6 heteroatoms. The third kappa shape index (κ3) is 6.74. The SMILES string of the molecule is CC(Cc1ccc(OCC(=O)O)cc1)NC[C@H](O)c1ccc(Cl)cc1. The highest BCUT2D eigenvalue weighted by Crippen LogP contribution is 2.17. The van der Waals surface area contributed by atoms with Crippen LogP contribution in [0.4, 0.5) is 0 Å². The number of halogens is 1. The molecule has 2 aromatic rings. The van der Waals surface area contributed by atoms with Gasteiger partial charge in [-0.25, -0.2) is 4.79 Å². The number of hydrogen-bond donors (Lipinski definition) is 3. The van der Waals surface area contributed by atoms with Crippen LogP contribution in [0.3, 0.4) is 0 Å². The number of hydrogen-bond acceptors (Lipinski definition) is 4. The van der Waals surface area contributed by atoms with E-state index in [0.29, 0.717) is 17.3 Å². The number of carbonyl (C=O) groups is 1. The summed E-state index contributed by atoms with van der Waals surface area (Å²) in [6.07, 6.45) is 0.193. The smallest absolute Gasteiger partial charge is 0.341 e. The van der Waals surface area contributed by atoms with Gasteiger partial charge in [-0.3, -0.25) is 0 Å². The van der Waals surface area contributed by atoms with Crippen molar-refractivity contribution in [1.29, 1.82) is 0 Å². The largest absolute Gasteiger partial charge is 0.482 e. The summed E-state index contributed by atoms with van der Waals surface area (Å²) in [5, 5.41) is 22.7. The summed E-state index contributed by atoms with van der Waals surface area (Å²) in [6, 6.07) is 14.7. The van der Waals surface area contributed by atoms with Crippen LogP contribution in [0, 0.1) is 0 Å². The number of aliphatic hydroxyl groups is 1. The molecular weight excluding hydrogens is 342 g/mol. The Kier molecular flexibility index (Phi) is 7.25. The van der Waals surface area contributed by atoms with E-state index in [2.05, 4.69) is 5.32 Å². The summed E-state index contributed by atoms with van der Waals surface area (Å²) < 4.78 is 5.11. The number of carboxylic acids is 1. The van der Waals surface area contributed by atoms with Crippen LogP contribution in [-0.2, 0) is 11.2 Å². The topological polar surface area (TPSA) is 78.8 Å². The van der Waals surface area contributed by atoms with E-state index in [-0.39, 0.29) is 12.6 Å². The molecule has 5 nitrogen and oxygen atoms in total. The van der Waals surface area contributed by atoms with Gasteiger partial charge in [-0.2, -0.15) is 0 Å². The molecular formula is C19H22ClNO4. The van der Waals surface area contributed by atoms with Gasteiger partial charge in [0.05, 0.1) is 6.10 Å². The number of benzene rings is 2. The van der Waals surface area contributed by atoms with Gasteiger partial charge in [0.25, 0.3) is 0 Å². The van der Waals surface area contributed by atoms with E-state index < -0.39 is 12.1 Å². The maximum absolute atomic E-state index is 10.5. The van der Waals surface area contributed by atoms with Crippen LogP contribution in [0.15, 0.2) is 48.5 Å². The summed E-state index contributed by atoms with van der Waals surface area (Å²) in [4.78, 5) is 10.5. The van der Waals surface area contributed by atoms with Gasteiger partial charge in [-0.1, -0.05) is 35.9 Å². The number of carboxylic acid groups (broad SMARTS) is 1. The maximum atomic E-state index is 10.5. The molecule has 0 bridgehead atoms. The average Bonchev–Trinajstić information content (AvgIpc) is 2.59. The molecule has 0 aliphatic heterocycles. The number of rotatable bonds is 9. The van der Waals surface area contributed by atoms with E-state index >= 15 is 0 Å². The molecule has 0 aliphatic carbocycles. The quantitative estimate of drug-likeness (QED) is 0.638. The average molecular weight is 364 g/mol. The Balaban J connectivity index is 1.78. The van der Waals surface area contributed by atoms with Gasteiger partial charge >= 0.3 is 5.97 Å². The highest BCUT2D eigenvalue weighted by molar-refractivity contribution is 6.30. The predicted octanol–water partition coefficient (Wildman–Crippen LogP) is 3.06.